The molecule has 29 heavy (non-hydrogen) atoms. The van der Waals surface area contributed by atoms with Crippen molar-refractivity contribution in [2.24, 2.45) is 0 Å². The molecule has 1 fully saturated rings. The SMILES string of the molecule is CC(C)N1CCCCC1.Cc1cc(N)nnc1-c1ccc(C(F)(F)F)c(N)c1N. The zero-order valence-electron chi connectivity index (χ0n) is 17.1. The molecule has 0 unspecified atom stereocenters. The van der Waals surface area contributed by atoms with Gasteiger partial charge in [-0.1, -0.05) is 6.42 Å². The summed E-state index contributed by atoms with van der Waals surface area (Å²) in [5.74, 6) is 0.213. The van der Waals surface area contributed by atoms with Crippen molar-refractivity contribution in [2.45, 2.75) is 52.3 Å². The topological polar surface area (TPSA) is 107 Å². The average molecular weight is 410 g/mol. The highest BCUT2D eigenvalue weighted by molar-refractivity contribution is 5.86. The van der Waals surface area contributed by atoms with E-state index in [1.54, 1.807) is 13.0 Å². The van der Waals surface area contributed by atoms with Gasteiger partial charge in [-0.25, -0.2) is 0 Å². The van der Waals surface area contributed by atoms with Crippen LogP contribution in [0.15, 0.2) is 18.2 Å². The molecule has 160 valence electrons. The summed E-state index contributed by atoms with van der Waals surface area (Å²) in [6.07, 6.45) is -0.280. The fourth-order valence-electron chi connectivity index (χ4n) is 3.30. The first-order chi connectivity index (χ1) is 13.5. The molecular formula is C20H29F3N6. The smallest absolute Gasteiger partial charge is 0.397 e. The molecule has 1 aromatic heterocycles. The molecule has 0 radical (unpaired) electrons. The number of rotatable bonds is 2. The summed E-state index contributed by atoms with van der Waals surface area (Å²) in [6.45, 7) is 8.93. The Hall–Kier alpha value is -2.55. The molecule has 2 aromatic rings. The number of piperidine rings is 1. The fourth-order valence-corrected chi connectivity index (χ4v) is 3.30. The lowest BCUT2D eigenvalue weighted by Gasteiger charge is -2.29. The lowest BCUT2D eigenvalue weighted by Crippen LogP contribution is -2.35. The maximum absolute atomic E-state index is 12.7. The highest BCUT2D eigenvalue weighted by Gasteiger charge is 2.34. The van der Waals surface area contributed by atoms with Crippen LogP contribution in [-0.2, 0) is 6.18 Å². The Bertz CT molecular complexity index is 830. The van der Waals surface area contributed by atoms with Gasteiger partial charge in [0.1, 0.15) is 5.82 Å². The average Bonchev–Trinajstić information content (AvgIpc) is 2.65. The molecule has 9 heteroatoms. The molecule has 0 bridgehead atoms. The predicted octanol–water partition coefficient (Wildman–Crippen LogP) is 4.10. The van der Waals surface area contributed by atoms with Crippen LogP contribution in [0.5, 0.6) is 0 Å². The van der Waals surface area contributed by atoms with Crippen LogP contribution in [0.4, 0.5) is 30.4 Å². The van der Waals surface area contributed by atoms with Gasteiger partial charge in [0.25, 0.3) is 0 Å². The van der Waals surface area contributed by atoms with Gasteiger partial charge in [-0.05, 0) is 70.5 Å². The van der Waals surface area contributed by atoms with Crippen molar-refractivity contribution in [2.75, 3.05) is 30.3 Å². The van der Waals surface area contributed by atoms with E-state index in [9.17, 15) is 13.2 Å². The van der Waals surface area contributed by atoms with Crippen LogP contribution >= 0.6 is 0 Å². The molecule has 0 amide bonds. The van der Waals surface area contributed by atoms with Gasteiger partial charge >= 0.3 is 6.18 Å². The first-order valence-corrected chi connectivity index (χ1v) is 9.61. The second-order valence-corrected chi connectivity index (χ2v) is 7.48. The number of hydrogen-bond acceptors (Lipinski definition) is 6. The summed E-state index contributed by atoms with van der Waals surface area (Å²) in [5.41, 5.74) is 16.2. The van der Waals surface area contributed by atoms with Crippen LogP contribution in [0.25, 0.3) is 11.3 Å². The van der Waals surface area contributed by atoms with Crippen LogP contribution < -0.4 is 17.2 Å². The third-order valence-corrected chi connectivity index (χ3v) is 4.97. The molecular weight excluding hydrogens is 381 g/mol. The zero-order chi connectivity index (χ0) is 21.8. The first kappa shape index (κ1) is 22.7. The van der Waals surface area contributed by atoms with Crippen LogP contribution in [0.1, 0.15) is 44.2 Å². The highest BCUT2D eigenvalue weighted by Crippen LogP contribution is 2.40. The number of likely N-dealkylation sites (tertiary alicyclic amines) is 1. The Balaban J connectivity index is 0.000000278. The van der Waals surface area contributed by atoms with Crippen LogP contribution in [-0.4, -0.2) is 34.2 Å². The van der Waals surface area contributed by atoms with E-state index in [2.05, 4.69) is 28.9 Å². The van der Waals surface area contributed by atoms with Gasteiger partial charge in [-0.15, -0.1) is 10.2 Å². The lowest BCUT2D eigenvalue weighted by atomic mass is 10.0. The minimum absolute atomic E-state index is 0.179. The number of nitrogens with zero attached hydrogens (tertiary/aromatic N) is 3. The number of benzene rings is 1. The van der Waals surface area contributed by atoms with E-state index in [0.29, 0.717) is 16.8 Å². The normalized spacial score (nSPS) is 15.1. The lowest BCUT2D eigenvalue weighted by molar-refractivity contribution is -0.136. The number of nitrogens with two attached hydrogens (primary N) is 3. The summed E-state index contributed by atoms with van der Waals surface area (Å²) in [6, 6.07) is 4.42. The van der Waals surface area contributed by atoms with Gasteiger partial charge in [-0.2, -0.15) is 13.2 Å². The maximum atomic E-state index is 12.7. The number of alkyl halides is 3. The van der Waals surface area contributed by atoms with Gasteiger partial charge in [0.2, 0.25) is 0 Å². The summed E-state index contributed by atoms with van der Waals surface area (Å²) in [7, 11) is 0. The third-order valence-electron chi connectivity index (χ3n) is 4.97. The molecule has 1 aliphatic rings. The van der Waals surface area contributed by atoms with Gasteiger partial charge in [0.05, 0.1) is 22.6 Å². The van der Waals surface area contributed by atoms with Gasteiger partial charge in [0, 0.05) is 11.6 Å². The van der Waals surface area contributed by atoms with E-state index in [1.165, 1.54) is 38.4 Å². The molecule has 0 aliphatic carbocycles. The van der Waals surface area contributed by atoms with Gasteiger partial charge in [0.15, 0.2) is 0 Å². The minimum atomic E-state index is -4.56. The Morgan fingerprint density at radius 3 is 2.07 bits per heavy atom. The van der Waals surface area contributed by atoms with Crippen molar-refractivity contribution in [3.05, 3.63) is 29.3 Å². The van der Waals surface area contributed by atoms with Crippen LogP contribution in [0, 0.1) is 6.92 Å². The third kappa shape index (κ3) is 5.72. The van der Waals surface area contributed by atoms with E-state index in [0.717, 1.165) is 12.1 Å². The Morgan fingerprint density at radius 1 is 0.966 bits per heavy atom. The Labute approximate surface area is 169 Å². The van der Waals surface area contributed by atoms with Crippen LogP contribution in [0.3, 0.4) is 0 Å². The number of nitrogen functional groups attached to an aromatic ring is 3. The number of anilines is 3. The summed E-state index contributed by atoms with van der Waals surface area (Å²) < 4.78 is 38.1. The molecule has 1 aromatic carbocycles. The molecule has 0 atom stereocenters. The van der Waals surface area contributed by atoms with E-state index in [4.69, 9.17) is 17.2 Å². The van der Waals surface area contributed by atoms with Gasteiger partial charge < -0.3 is 22.1 Å². The summed E-state index contributed by atoms with van der Waals surface area (Å²) >= 11 is 0. The minimum Gasteiger partial charge on any atom is -0.397 e. The van der Waals surface area contributed by atoms with Crippen molar-refractivity contribution >= 4 is 17.2 Å². The Kier molecular flexibility index (Phi) is 7.29. The van der Waals surface area contributed by atoms with Crippen molar-refractivity contribution < 1.29 is 13.2 Å². The fraction of sp³-hybridized carbons (Fsp3) is 0.500. The molecule has 1 saturated heterocycles. The molecule has 6 N–H and O–H groups in total. The number of hydrogen-bond donors (Lipinski definition) is 3. The van der Waals surface area contributed by atoms with Gasteiger partial charge in [-0.3, -0.25) is 0 Å². The molecule has 2 heterocycles. The molecule has 0 spiro atoms. The van der Waals surface area contributed by atoms with E-state index in [-0.39, 0.29) is 11.5 Å². The summed E-state index contributed by atoms with van der Waals surface area (Å²) in [4.78, 5) is 2.56. The molecule has 3 rings (SSSR count). The van der Waals surface area contributed by atoms with E-state index < -0.39 is 17.4 Å². The Morgan fingerprint density at radius 2 is 1.59 bits per heavy atom. The van der Waals surface area contributed by atoms with Crippen molar-refractivity contribution in [3.8, 4) is 11.3 Å². The zero-order valence-corrected chi connectivity index (χ0v) is 17.1. The van der Waals surface area contributed by atoms with E-state index >= 15 is 0 Å². The van der Waals surface area contributed by atoms with E-state index in [1.807, 2.05) is 0 Å². The molecule has 1 aliphatic heterocycles. The quantitative estimate of drug-likeness (QED) is 0.644. The summed E-state index contributed by atoms with van der Waals surface area (Å²) in [5, 5.41) is 7.52. The maximum Gasteiger partial charge on any atom is 0.418 e. The standard InChI is InChI=1S/C12H12F3N5.C8H17N/c1-5-4-8(16)19-20-11(5)6-2-3-7(12(13,14)15)10(18)9(6)17;1-8(2)9-6-4-3-5-7-9/h2-4H,17-18H2,1H3,(H2,16,19);8H,3-7H2,1-2H3. The van der Waals surface area contributed by atoms with Crippen LogP contribution in [0.2, 0.25) is 0 Å². The second-order valence-electron chi connectivity index (χ2n) is 7.48. The molecule has 6 nitrogen and oxygen atoms in total. The predicted molar refractivity (Wildman–Crippen MR) is 111 cm³/mol. The second kappa shape index (κ2) is 9.30. The number of aromatic nitrogens is 2. The molecule has 0 saturated carbocycles. The number of aryl methyl sites for hydroxylation is 1. The largest absolute Gasteiger partial charge is 0.418 e. The first-order valence-electron chi connectivity index (χ1n) is 9.61. The van der Waals surface area contributed by atoms with Crippen molar-refractivity contribution in [3.63, 3.8) is 0 Å². The van der Waals surface area contributed by atoms with Crippen molar-refractivity contribution in [1.82, 2.24) is 15.1 Å². The monoisotopic (exact) mass is 410 g/mol. The van der Waals surface area contributed by atoms with Crippen molar-refractivity contribution in [1.29, 1.82) is 0 Å². The number of halogens is 3. The highest BCUT2D eigenvalue weighted by atomic mass is 19.4.